The number of hydrogen-bond donors (Lipinski definition) is 1. The lowest BCUT2D eigenvalue weighted by Crippen LogP contribution is -2.16. The van der Waals surface area contributed by atoms with E-state index in [0.29, 0.717) is 0 Å². The van der Waals surface area contributed by atoms with Gasteiger partial charge >= 0.3 is 0 Å². The molecular weight excluding hydrogens is 354 g/mol. The molecule has 2 aromatic heterocycles. The van der Waals surface area contributed by atoms with E-state index < -0.39 is 0 Å². The van der Waals surface area contributed by atoms with Crippen molar-refractivity contribution in [1.82, 2.24) is 9.78 Å². The lowest BCUT2D eigenvalue weighted by atomic mass is 10.2. The van der Waals surface area contributed by atoms with E-state index in [4.69, 9.17) is 5.73 Å². The molecule has 86 valence electrons. The largest absolute Gasteiger partial charge is 0.318 e. The highest BCUT2D eigenvalue weighted by Gasteiger charge is 2.18. The Morgan fingerprint density at radius 1 is 1.56 bits per heavy atom. The van der Waals surface area contributed by atoms with Crippen LogP contribution in [0.3, 0.4) is 0 Å². The molecular formula is C10H11Br2N3S. The fourth-order valence-electron chi connectivity index (χ4n) is 1.56. The van der Waals surface area contributed by atoms with Crippen molar-refractivity contribution in [3.05, 3.63) is 37.2 Å². The summed E-state index contributed by atoms with van der Waals surface area (Å²) in [5.74, 6) is 0. The van der Waals surface area contributed by atoms with Crippen molar-refractivity contribution < 1.29 is 0 Å². The van der Waals surface area contributed by atoms with Crippen LogP contribution in [0.2, 0.25) is 0 Å². The molecule has 1 atom stereocenters. The van der Waals surface area contributed by atoms with Crippen LogP contribution in [0.5, 0.6) is 0 Å². The summed E-state index contributed by atoms with van der Waals surface area (Å²) in [5.41, 5.74) is 7.27. The standard InChI is InChI=1S/C10H11Br2N3S/c1-2-15-10(7(12)4-14-15)9(13)8-3-6(11)5-16-8/h3-5,9H,2,13H2,1H3. The normalized spacial score (nSPS) is 13.0. The first kappa shape index (κ1) is 12.3. The van der Waals surface area contributed by atoms with Gasteiger partial charge in [-0.15, -0.1) is 11.3 Å². The molecule has 0 bridgehead atoms. The average Bonchev–Trinajstić information content (AvgIpc) is 2.83. The Bertz CT molecular complexity index is 492. The van der Waals surface area contributed by atoms with E-state index in [-0.39, 0.29) is 6.04 Å². The quantitative estimate of drug-likeness (QED) is 0.905. The van der Waals surface area contributed by atoms with Gasteiger partial charge in [-0.2, -0.15) is 5.10 Å². The van der Waals surface area contributed by atoms with E-state index in [1.165, 1.54) is 0 Å². The summed E-state index contributed by atoms with van der Waals surface area (Å²) >= 11 is 8.58. The number of thiophene rings is 1. The maximum absolute atomic E-state index is 6.25. The second-order valence-electron chi connectivity index (χ2n) is 3.34. The monoisotopic (exact) mass is 363 g/mol. The SMILES string of the molecule is CCn1ncc(Br)c1C(N)c1cc(Br)cs1. The molecule has 2 rings (SSSR count). The third-order valence-electron chi connectivity index (χ3n) is 2.32. The third kappa shape index (κ3) is 2.25. The number of hydrogen-bond acceptors (Lipinski definition) is 3. The Balaban J connectivity index is 2.40. The Labute approximate surface area is 115 Å². The molecule has 0 aliphatic rings. The Morgan fingerprint density at radius 2 is 2.31 bits per heavy atom. The Morgan fingerprint density at radius 3 is 2.88 bits per heavy atom. The van der Waals surface area contributed by atoms with Gasteiger partial charge in [-0.3, -0.25) is 4.68 Å². The molecule has 2 N–H and O–H groups in total. The van der Waals surface area contributed by atoms with Gasteiger partial charge in [-0.05, 0) is 44.8 Å². The number of halogens is 2. The summed E-state index contributed by atoms with van der Waals surface area (Å²) in [5, 5.41) is 6.31. The number of aromatic nitrogens is 2. The first-order valence-electron chi connectivity index (χ1n) is 4.84. The second-order valence-corrected chi connectivity index (χ2v) is 6.05. The lowest BCUT2D eigenvalue weighted by molar-refractivity contribution is 0.602. The zero-order chi connectivity index (χ0) is 11.7. The number of nitrogens with two attached hydrogens (primary N) is 1. The number of aryl methyl sites for hydroxylation is 1. The summed E-state index contributed by atoms with van der Waals surface area (Å²) in [4.78, 5) is 1.13. The second kappa shape index (κ2) is 5.00. The topological polar surface area (TPSA) is 43.8 Å². The van der Waals surface area contributed by atoms with Crippen LogP contribution >= 0.6 is 43.2 Å². The fourth-order valence-corrected chi connectivity index (χ4v) is 3.55. The van der Waals surface area contributed by atoms with Gasteiger partial charge in [0.05, 0.1) is 22.4 Å². The molecule has 0 saturated carbocycles. The summed E-state index contributed by atoms with van der Waals surface area (Å²) in [6, 6.07) is 1.92. The Hall–Kier alpha value is -0.170. The number of nitrogens with zero attached hydrogens (tertiary/aromatic N) is 2. The van der Waals surface area contributed by atoms with Gasteiger partial charge < -0.3 is 5.73 Å². The molecule has 0 aliphatic carbocycles. The molecule has 0 radical (unpaired) electrons. The van der Waals surface area contributed by atoms with Gasteiger partial charge in [0, 0.05) is 21.3 Å². The molecule has 0 saturated heterocycles. The minimum Gasteiger partial charge on any atom is -0.318 e. The van der Waals surface area contributed by atoms with Crippen molar-refractivity contribution >= 4 is 43.2 Å². The zero-order valence-corrected chi connectivity index (χ0v) is 12.6. The zero-order valence-electron chi connectivity index (χ0n) is 8.65. The van der Waals surface area contributed by atoms with E-state index >= 15 is 0 Å². The van der Waals surface area contributed by atoms with Crippen LogP contribution < -0.4 is 5.73 Å². The average molecular weight is 365 g/mol. The fraction of sp³-hybridized carbons (Fsp3) is 0.300. The molecule has 1 unspecified atom stereocenters. The predicted molar refractivity (Wildman–Crippen MR) is 73.7 cm³/mol. The van der Waals surface area contributed by atoms with Crippen molar-refractivity contribution in [3.8, 4) is 0 Å². The molecule has 6 heteroatoms. The highest BCUT2D eigenvalue weighted by Crippen LogP contribution is 2.31. The predicted octanol–water partition coefficient (Wildman–Crippen LogP) is 3.54. The summed E-state index contributed by atoms with van der Waals surface area (Å²) in [6.07, 6.45) is 1.79. The minimum atomic E-state index is -0.131. The Kier molecular flexibility index (Phi) is 3.84. The summed E-state index contributed by atoms with van der Waals surface area (Å²) in [7, 11) is 0. The first-order valence-corrected chi connectivity index (χ1v) is 7.30. The minimum absolute atomic E-state index is 0.131. The molecule has 0 spiro atoms. The maximum Gasteiger partial charge on any atom is 0.0828 e. The summed E-state index contributed by atoms with van der Waals surface area (Å²) < 4.78 is 3.95. The molecule has 0 aromatic carbocycles. The van der Waals surface area contributed by atoms with Crippen LogP contribution in [0, 0.1) is 0 Å². The van der Waals surface area contributed by atoms with Gasteiger partial charge in [-0.25, -0.2) is 0 Å². The van der Waals surface area contributed by atoms with Crippen LogP contribution in [0.1, 0.15) is 23.5 Å². The van der Waals surface area contributed by atoms with Gasteiger partial charge in [0.1, 0.15) is 0 Å². The third-order valence-corrected chi connectivity index (χ3v) is 4.71. The molecule has 2 heterocycles. The molecule has 0 fully saturated rings. The van der Waals surface area contributed by atoms with E-state index in [1.807, 2.05) is 10.1 Å². The van der Waals surface area contributed by atoms with E-state index in [1.54, 1.807) is 17.5 Å². The highest BCUT2D eigenvalue weighted by molar-refractivity contribution is 9.10. The van der Waals surface area contributed by atoms with Crippen molar-refractivity contribution in [3.63, 3.8) is 0 Å². The van der Waals surface area contributed by atoms with Gasteiger partial charge in [0.15, 0.2) is 0 Å². The van der Waals surface area contributed by atoms with Crippen LogP contribution in [-0.4, -0.2) is 9.78 Å². The lowest BCUT2D eigenvalue weighted by Gasteiger charge is -2.12. The van der Waals surface area contributed by atoms with E-state index in [0.717, 1.165) is 26.1 Å². The van der Waals surface area contributed by atoms with Crippen LogP contribution in [-0.2, 0) is 6.54 Å². The highest BCUT2D eigenvalue weighted by atomic mass is 79.9. The summed E-state index contributed by atoms with van der Waals surface area (Å²) in [6.45, 7) is 2.88. The van der Waals surface area contributed by atoms with Crippen molar-refractivity contribution in [1.29, 1.82) is 0 Å². The molecule has 0 amide bonds. The molecule has 3 nitrogen and oxygen atoms in total. The van der Waals surface area contributed by atoms with Crippen molar-refractivity contribution in [2.75, 3.05) is 0 Å². The van der Waals surface area contributed by atoms with Crippen LogP contribution in [0.25, 0.3) is 0 Å². The van der Waals surface area contributed by atoms with Crippen LogP contribution in [0.15, 0.2) is 26.6 Å². The van der Waals surface area contributed by atoms with Gasteiger partial charge in [0.2, 0.25) is 0 Å². The molecule has 0 aliphatic heterocycles. The molecule has 2 aromatic rings. The van der Waals surface area contributed by atoms with E-state index in [9.17, 15) is 0 Å². The smallest absolute Gasteiger partial charge is 0.0828 e. The van der Waals surface area contributed by atoms with Crippen LogP contribution in [0.4, 0.5) is 0 Å². The maximum atomic E-state index is 6.25. The van der Waals surface area contributed by atoms with Gasteiger partial charge in [-0.1, -0.05) is 0 Å². The van der Waals surface area contributed by atoms with Gasteiger partial charge in [0.25, 0.3) is 0 Å². The van der Waals surface area contributed by atoms with Crippen molar-refractivity contribution in [2.45, 2.75) is 19.5 Å². The molecule has 16 heavy (non-hydrogen) atoms. The van der Waals surface area contributed by atoms with Crippen molar-refractivity contribution in [2.24, 2.45) is 5.73 Å². The first-order chi connectivity index (χ1) is 7.63. The number of rotatable bonds is 3. The van der Waals surface area contributed by atoms with E-state index in [2.05, 4.69) is 49.9 Å².